The Kier molecular flexibility index (Phi) is 6.72. The molecule has 9 nitrogen and oxygen atoms in total. The molecule has 0 unspecified atom stereocenters. The van der Waals surface area contributed by atoms with Gasteiger partial charge in [0.05, 0.1) is 6.61 Å². The predicted octanol–water partition coefficient (Wildman–Crippen LogP) is 2.20. The average molecular weight is 355 g/mol. The highest BCUT2D eigenvalue weighted by molar-refractivity contribution is 6.14. The van der Waals surface area contributed by atoms with Crippen molar-refractivity contribution in [2.45, 2.75) is 40.2 Å². The van der Waals surface area contributed by atoms with E-state index in [1.54, 1.807) is 6.92 Å². The molecule has 1 aromatic heterocycles. The van der Waals surface area contributed by atoms with Crippen LogP contribution in [0.1, 0.15) is 75.3 Å². The number of carboxylic acids is 3. The first-order valence-corrected chi connectivity index (χ1v) is 7.76. The molecule has 9 heteroatoms. The van der Waals surface area contributed by atoms with Crippen LogP contribution in [0.15, 0.2) is 0 Å². The minimum absolute atomic E-state index is 0.0116. The van der Waals surface area contributed by atoms with E-state index in [9.17, 15) is 34.5 Å². The Morgan fingerprint density at radius 1 is 0.960 bits per heavy atom. The molecule has 0 aromatic carbocycles. The largest absolute Gasteiger partial charge is 0.478 e. The van der Waals surface area contributed by atoms with Gasteiger partial charge in [-0.15, -0.1) is 0 Å². The van der Waals surface area contributed by atoms with Gasteiger partial charge in [-0.1, -0.05) is 20.8 Å². The maximum Gasteiger partial charge on any atom is 0.355 e. The summed E-state index contributed by atoms with van der Waals surface area (Å²) < 4.78 is 5.93. The summed E-state index contributed by atoms with van der Waals surface area (Å²) in [5.41, 5.74) is -3.10. The van der Waals surface area contributed by atoms with Gasteiger partial charge >= 0.3 is 23.9 Å². The van der Waals surface area contributed by atoms with E-state index in [0.29, 0.717) is 12.8 Å². The number of carboxylic acid groups (broad SMARTS) is 3. The molecule has 1 rings (SSSR count). The first-order valence-electron chi connectivity index (χ1n) is 7.76. The van der Waals surface area contributed by atoms with Crippen LogP contribution in [0.4, 0.5) is 0 Å². The van der Waals surface area contributed by atoms with Crippen LogP contribution in [0.2, 0.25) is 0 Å². The van der Waals surface area contributed by atoms with Crippen molar-refractivity contribution in [3.63, 3.8) is 0 Å². The number of aromatic nitrogens is 1. The number of rotatable bonds is 9. The zero-order valence-corrected chi connectivity index (χ0v) is 14.2. The molecule has 1 aromatic rings. The van der Waals surface area contributed by atoms with Crippen molar-refractivity contribution >= 4 is 23.9 Å². The van der Waals surface area contributed by atoms with E-state index < -0.39 is 46.4 Å². The lowest BCUT2D eigenvalue weighted by atomic mass is 10.1. The Morgan fingerprint density at radius 3 is 1.88 bits per heavy atom. The van der Waals surface area contributed by atoms with Crippen molar-refractivity contribution in [3.8, 4) is 0 Å². The third kappa shape index (κ3) is 4.37. The van der Waals surface area contributed by atoms with Crippen molar-refractivity contribution in [2.75, 3.05) is 6.61 Å². The summed E-state index contributed by atoms with van der Waals surface area (Å²) >= 11 is 0. The minimum Gasteiger partial charge on any atom is -0.478 e. The van der Waals surface area contributed by atoms with Crippen LogP contribution in [0.25, 0.3) is 0 Å². The predicted molar refractivity (Wildman–Crippen MR) is 85.3 cm³/mol. The first-order chi connectivity index (χ1) is 11.6. The van der Waals surface area contributed by atoms with Gasteiger partial charge in [0.25, 0.3) is 0 Å². The van der Waals surface area contributed by atoms with Crippen LogP contribution in [-0.2, 0) is 11.3 Å². The molecule has 0 radical (unpaired) electrons. The molecular weight excluding hydrogens is 334 g/mol. The number of ether oxygens (including phenoxy) is 1. The number of hydrogen-bond acceptors (Lipinski definition) is 5. The van der Waals surface area contributed by atoms with E-state index in [1.807, 2.05) is 13.8 Å². The van der Waals surface area contributed by atoms with Crippen LogP contribution >= 0.6 is 0 Å². The fourth-order valence-corrected chi connectivity index (χ4v) is 2.37. The van der Waals surface area contributed by atoms with Gasteiger partial charge in [-0.05, 0) is 18.8 Å². The van der Waals surface area contributed by atoms with Crippen LogP contribution in [0.5, 0.6) is 0 Å². The third-order valence-corrected chi connectivity index (χ3v) is 3.46. The highest BCUT2D eigenvalue weighted by atomic mass is 16.5. The summed E-state index contributed by atoms with van der Waals surface area (Å²) in [7, 11) is 0. The Hall–Kier alpha value is -2.84. The van der Waals surface area contributed by atoms with Crippen molar-refractivity contribution in [2.24, 2.45) is 5.92 Å². The standard InChI is InChI=1S/C16H21NO8/c1-4-6-17-11(15(22)23)9(13(18)19)10(14(20)21)12(17)16(24)25-7-5-8(2)3/h8H,4-7H2,1-3H3,(H,18,19)(H,20,21)(H,22,23). The first kappa shape index (κ1) is 20.2. The molecule has 3 N–H and O–H groups in total. The Bertz CT molecular complexity index is 701. The maximum atomic E-state index is 12.4. The van der Waals surface area contributed by atoms with E-state index in [0.717, 1.165) is 4.57 Å². The molecular formula is C16H21NO8. The topological polar surface area (TPSA) is 143 Å². The van der Waals surface area contributed by atoms with Gasteiger partial charge in [-0.2, -0.15) is 0 Å². The smallest absolute Gasteiger partial charge is 0.355 e. The molecule has 0 bridgehead atoms. The molecule has 0 aliphatic carbocycles. The SMILES string of the molecule is CCCn1c(C(=O)O)c(C(=O)O)c(C(=O)O)c1C(=O)OCCC(C)C. The van der Waals surface area contributed by atoms with E-state index in [-0.39, 0.29) is 19.1 Å². The lowest BCUT2D eigenvalue weighted by Crippen LogP contribution is -2.19. The van der Waals surface area contributed by atoms with Gasteiger partial charge in [-0.25, -0.2) is 19.2 Å². The van der Waals surface area contributed by atoms with Gasteiger partial charge in [0.2, 0.25) is 0 Å². The summed E-state index contributed by atoms with van der Waals surface area (Å²) in [5, 5.41) is 28.0. The lowest BCUT2D eigenvalue weighted by Gasteiger charge is -2.11. The number of aromatic carboxylic acids is 3. The van der Waals surface area contributed by atoms with E-state index in [4.69, 9.17) is 4.74 Å². The monoisotopic (exact) mass is 355 g/mol. The second-order valence-electron chi connectivity index (χ2n) is 5.83. The van der Waals surface area contributed by atoms with Gasteiger partial charge in [0.15, 0.2) is 0 Å². The van der Waals surface area contributed by atoms with Gasteiger partial charge in [0, 0.05) is 6.54 Å². The normalized spacial score (nSPS) is 10.7. The second-order valence-corrected chi connectivity index (χ2v) is 5.83. The highest BCUT2D eigenvalue weighted by Gasteiger charge is 2.37. The van der Waals surface area contributed by atoms with Gasteiger partial charge in [0.1, 0.15) is 22.5 Å². The number of hydrogen-bond donors (Lipinski definition) is 3. The molecule has 0 atom stereocenters. The molecule has 0 saturated carbocycles. The molecule has 0 spiro atoms. The number of nitrogens with zero attached hydrogens (tertiary/aromatic N) is 1. The molecule has 0 aliphatic heterocycles. The highest BCUT2D eigenvalue weighted by Crippen LogP contribution is 2.26. The molecule has 138 valence electrons. The molecule has 0 saturated heterocycles. The van der Waals surface area contributed by atoms with Crippen LogP contribution < -0.4 is 0 Å². The van der Waals surface area contributed by atoms with E-state index >= 15 is 0 Å². The Balaban J connectivity index is 3.59. The van der Waals surface area contributed by atoms with Crippen molar-refractivity contribution in [3.05, 3.63) is 22.5 Å². The molecule has 0 aliphatic rings. The van der Waals surface area contributed by atoms with Crippen molar-refractivity contribution < 1.29 is 39.2 Å². The molecule has 1 heterocycles. The Morgan fingerprint density at radius 2 is 1.48 bits per heavy atom. The summed E-state index contributed by atoms with van der Waals surface area (Å²) in [6.45, 7) is 5.46. The fraction of sp³-hybridized carbons (Fsp3) is 0.500. The maximum absolute atomic E-state index is 12.4. The molecule has 0 fully saturated rings. The average Bonchev–Trinajstić information content (AvgIpc) is 2.82. The second kappa shape index (κ2) is 8.32. The number of esters is 1. The van der Waals surface area contributed by atoms with Gasteiger partial charge in [-0.3, -0.25) is 0 Å². The minimum atomic E-state index is -1.74. The van der Waals surface area contributed by atoms with E-state index in [2.05, 4.69) is 0 Å². The fourth-order valence-electron chi connectivity index (χ4n) is 2.37. The number of carbonyl (C=O) groups excluding carboxylic acids is 1. The quantitative estimate of drug-likeness (QED) is 0.572. The third-order valence-electron chi connectivity index (χ3n) is 3.46. The summed E-state index contributed by atoms with van der Waals surface area (Å²) in [5.74, 6) is -5.89. The Labute approximate surface area is 143 Å². The summed E-state index contributed by atoms with van der Waals surface area (Å²) in [6, 6.07) is 0. The van der Waals surface area contributed by atoms with Crippen LogP contribution in [0.3, 0.4) is 0 Å². The zero-order chi connectivity index (χ0) is 19.3. The van der Waals surface area contributed by atoms with Crippen molar-refractivity contribution in [1.29, 1.82) is 0 Å². The van der Waals surface area contributed by atoms with E-state index in [1.165, 1.54) is 0 Å². The number of carbonyl (C=O) groups is 4. The molecule has 25 heavy (non-hydrogen) atoms. The summed E-state index contributed by atoms with van der Waals surface area (Å²) in [6.07, 6.45) is 0.888. The molecule has 0 amide bonds. The summed E-state index contributed by atoms with van der Waals surface area (Å²) in [4.78, 5) is 46.9. The zero-order valence-electron chi connectivity index (χ0n) is 14.2. The van der Waals surface area contributed by atoms with Crippen LogP contribution in [-0.4, -0.2) is 50.4 Å². The van der Waals surface area contributed by atoms with Crippen molar-refractivity contribution in [1.82, 2.24) is 4.57 Å². The van der Waals surface area contributed by atoms with Gasteiger partial charge < -0.3 is 24.6 Å². The van der Waals surface area contributed by atoms with Crippen LogP contribution in [0, 0.1) is 5.92 Å². The lowest BCUT2D eigenvalue weighted by molar-refractivity contribution is 0.0465.